The van der Waals surface area contributed by atoms with E-state index in [1.807, 2.05) is 78.9 Å². The molecule has 0 amide bonds. The van der Waals surface area contributed by atoms with Crippen molar-refractivity contribution < 1.29 is 41.8 Å². The van der Waals surface area contributed by atoms with Crippen LogP contribution in [0.1, 0.15) is 20.8 Å². The Balaban J connectivity index is 0.000000153. The molecule has 0 N–H and O–H groups in total. The maximum absolute atomic E-state index is 12.7. The van der Waals surface area contributed by atoms with Gasteiger partial charge < -0.3 is 27.5 Å². The Morgan fingerprint density at radius 2 is 0.841 bits per heavy atom. The molecule has 0 aliphatic heterocycles. The fourth-order valence-electron chi connectivity index (χ4n) is 6.45. The van der Waals surface area contributed by atoms with Gasteiger partial charge in [-0.05, 0) is 63.2 Å². The first-order valence-electron chi connectivity index (χ1n) is 21.2. The van der Waals surface area contributed by atoms with Gasteiger partial charge in [-0.25, -0.2) is 14.4 Å². The summed E-state index contributed by atoms with van der Waals surface area (Å²) < 4.78 is 33.0. The molecule has 0 bridgehead atoms. The Hall–Kier alpha value is -9.42. The molecule has 342 valence electrons. The van der Waals surface area contributed by atoms with E-state index in [0.717, 1.165) is 11.1 Å². The Kier molecular flexibility index (Phi) is 14.6. The molecule has 0 aliphatic carbocycles. The van der Waals surface area contributed by atoms with E-state index in [-0.39, 0.29) is 44.7 Å². The molecule has 0 spiro atoms. The van der Waals surface area contributed by atoms with Gasteiger partial charge in [-0.2, -0.15) is 0 Å². The number of carbonyl (C=O) groups excluding carboxylic acids is 3. The van der Waals surface area contributed by atoms with Crippen LogP contribution in [0.15, 0.2) is 228 Å². The molecule has 3 aromatic heterocycles. The molecule has 0 saturated carbocycles. The average molecular weight is 919 g/mol. The molecule has 0 radical (unpaired) electrons. The van der Waals surface area contributed by atoms with E-state index in [0.29, 0.717) is 61.3 Å². The third kappa shape index (κ3) is 11.5. The van der Waals surface area contributed by atoms with Gasteiger partial charge in [-0.15, -0.1) is 0 Å². The minimum atomic E-state index is -0.662. The van der Waals surface area contributed by atoms with E-state index in [1.165, 1.54) is 31.2 Å². The molecule has 9 rings (SSSR count). The number of benzene rings is 6. The predicted molar refractivity (Wildman–Crippen MR) is 265 cm³/mol. The number of fused-ring (bicyclic) bond motifs is 3. The first-order valence-corrected chi connectivity index (χ1v) is 21.2. The topological polar surface area (TPSA) is 170 Å². The van der Waals surface area contributed by atoms with Gasteiger partial charge in [0.15, 0.2) is 16.6 Å². The van der Waals surface area contributed by atoms with E-state index < -0.39 is 17.9 Å². The minimum Gasteiger partial charge on any atom is -0.456 e. The van der Waals surface area contributed by atoms with Crippen LogP contribution in [0.25, 0.3) is 66.9 Å². The zero-order valence-corrected chi connectivity index (χ0v) is 37.6. The van der Waals surface area contributed by atoms with Crippen molar-refractivity contribution in [3.63, 3.8) is 0 Å². The Bertz CT molecular complexity index is 3620. The highest BCUT2D eigenvalue weighted by atomic mass is 16.5. The summed E-state index contributed by atoms with van der Waals surface area (Å²) in [6.07, 6.45) is 0. The lowest BCUT2D eigenvalue weighted by molar-refractivity contribution is -0.131. The summed E-state index contributed by atoms with van der Waals surface area (Å²) in [6.45, 7) is 15.2. The van der Waals surface area contributed by atoms with E-state index in [4.69, 9.17) is 27.5 Å². The molecule has 12 heteroatoms. The van der Waals surface area contributed by atoms with E-state index >= 15 is 0 Å². The van der Waals surface area contributed by atoms with Gasteiger partial charge in [-0.1, -0.05) is 123 Å². The number of esters is 3. The van der Waals surface area contributed by atoms with E-state index in [9.17, 15) is 28.8 Å². The van der Waals surface area contributed by atoms with Crippen molar-refractivity contribution in [2.75, 3.05) is 0 Å². The van der Waals surface area contributed by atoms with Crippen LogP contribution in [-0.2, 0) is 14.4 Å². The summed E-state index contributed by atoms with van der Waals surface area (Å²) in [5.74, 6) is -0.0671. The SMILES string of the molecule is C=C(C)C(=O)Oc1c(-c2ccccc2)oc2ccccc2c1=O.C=C(C)C(=O)Oc1ccc2c(=O)cc(-c3ccccc3)oc2c1.C=C(C)C(=O)Oc1ccc2oc(-c3ccccc3)cc(=O)c2c1. The van der Waals surface area contributed by atoms with Gasteiger partial charge in [0.1, 0.15) is 39.8 Å². The van der Waals surface area contributed by atoms with Crippen LogP contribution < -0.4 is 30.5 Å². The van der Waals surface area contributed by atoms with Crippen molar-refractivity contribution in [3.05, 3.63) is 231 Å². The van der Waals surface area contributed by atoms with Gasteiger partial charge in [0.2, 0.25) is 11.2 Å². The molecule has 12 nitrogen and oxygen atoms in total. The van der Waals surface area contributed by atoms with Crippen molar-refractivity contribution in [1.29, 1.82) is 0 Å². The normalized spacial score (nSPS) is 10.5. The molecule has 9 aromatic rings. The first-order chi connectivity index (χ1) is 33.2. The summed E-state index contributed by atoms with van der Waals surface area (Å²) >= 11 is 0. The van der Waals surface area contributed by atoms with E-state index in [2.05, 4.69) is 19.7 Å². The van der Waals surface area contributed by atoms with Crippen LogP contribution in [0, 0.1) is 0 Å². The second-order valence-corrected chi connectivity index (χ2v) is 15.5. The highest BCUT2D eigenvalue weighted by molar-refractivity contribution is 5.92. The van der Waals surface area contributed by atoms with Gasteiger partial charge in [-0.3, -0.25) is 14.4 Å². The van der Waals surface area contributed by atoms with Crippen LogP contribution in [-0.4, -0.2) is 17.9 Å². The maximum atomic E-state index is 12.7. The molecular formula is C57H42O12. The van der Waals surface area contributed by atoms with Crippen molar-refractivity contribution in [2.45, 2.75) is 20.8 Å². The van der Waals surface area contributed by atoms with E-state index in [1.54, 1.807) is 74.5 Å². The van der Waals surface area contributed by atoms with Gasteiger partial charge >= 0.3 is 17.9 Å². The molecule has 69 heavy (non-hydrogen) atoms. The summed E-state index contributed by atoms with van der Waals surface area (Å²) in [7, 11) is 0. The Morgan fingerprint density at radius 1 is 0.406 bits per heavy atom. The van der Waals surface area contributed by atoms with Gasteiger partial charge in [0, 0.05) is 51.6 Å². The zero-order chi connectivity index (χ0) is 49.2. The second kappa shape index (κ2) is 21.3. The second-order valence-electron chi connectivity index (χ2n) is 15.5. The fourth-order valence-corrected chi connectivity index (χ4v) is 6.45. The summed E-state index contributed by atoms with van der Waals surface area (Å²) in [5.41, 5.74) is 3.57. The first kappa shape index (κ1) is 47.5. The summed E-state index contributed by atoms with van der Waals surface area (Å²) in [6, 6.07) is 46.8. The van der Waals surface area contributed by atoms with Crippen LogP contribution >= 0.6 is 0 Å². The zero-order valence-electron chi connectivity index (χ0n) is 37.6. The number of hydrogen-bond donors (Lipinski definition) is 0. The number of para-hydroxylation sites is 1. The Morgan fingerprint density at radius 3 is 1.39 bits per heavy atom. The number of carbonyl (C=O) groups is 3. The molecule has 3 heterocycles. The third-order valence-corrected chi connectivity index (χ3v) is 9.97. The highest BCUT2D eigenvalue weighted by Gasteiger charge is 2.21. The molecule has 0 fully saturated rings. The molecule has 0 aliphatic rings. The smallest absolute Gasteiger partial charge is 0.338 e. The quantitative estimate of drug-likeness (QED) is 0.0764. The third-order valence-electron chi connectivity index (χ3n) is 9.97. The molecule has 0 atom stereocenters. The molecule has 0 unspecified atom stereocenters. The maximum Gasteiger partial charge on any atom is 0.338 e. The largest absolute Gasteiger partial charge is 0.456 e. The van der Waals surface area contributed by atoms with Crippen molar-refractivity contribution in [1.82, 2.24) is 0 Å². The highest BCUT2D eigenvalue weighted by Crippen LogP contribution is 2.31. The molecule has 0 saturated heterocycles. The average Bonchev–Trinajstić information content (AvgIpc) is 3.35. The van der Waals surface area contributed by atoms with Crippen LogP contribution in [0.3, 0.4) is 0 Å². The van der Waals surface area contributed by atoms with Gasteiger partial charge in [0.05, 0.1) is 16.2 Å². The molecular weight excluding hydrogens is 877 g/mol. The fraction of sp³-hybridized carbons (Fsp3) is 0.0526. The van der Waals surface area contributed by atoms with Crippen LogP contribution in [0.5, 0.6) is 17.2 Å². The number of hydrogen-bond acceptors (Lipinski definition) is 12. The van der Waals surface area contributed by atoms with Crippen molar-refractivity contribution in [3.8, 4) is 51.2 Å². The summed E-state index contributed by atoms with van der Waals surface area (Å²) in [5, 5.41) is 1.15. The van der Waals surface area contributed by atoms with Crippen LogP contribution in [0.2, 0.25) is 0 Å². The van der Waals surface area contributed by atoms with Crippen LogP contribution in [0.4, 0.5) is 0 Å². The van der Waals surface area contributed by atoms with Crippen molar-refractivity contribution in [2.24, 2.45) is 0 Å². The number of rotatable bonds is 9. The standard InChI is InChI=1S/3C19H14O4/c1-12(2)19(21)23-18-16(20)14-10-6-7-11-15(14)22-17(18)13-8-4-3-5-9-13;1-12(2)19(21)22-14-8-9-17-15(10-14)16(20)11-18(23-17)13-6-4-3-5-7-13;1-12(2)19(21)22-14-8-9-15-16(20)11-17(23-18(15)10-14)13-6-4-3-5-7-13/h3*3-11H,1H2,2H3. The lowest BCUT2D eigenvalue weighted by Gasteiger charge is -2.10. The van der Waals surface area contributed by atoms with Crippen molar-refractivity contribution >= 4 is 50.8 Å². The van der Waals surface area contributed by atoms with Gasteiger partial charge in [0.25, 0.3) is 0 Å². The summed E-state index contributed by atoms with van der Waals surface area (Å²) in [4.78, 5) is 72.3. The lowest BCUT2D eigenvalue weighted by Crippen LogP contribution is -2.16. The Labute approximate surface area is 394 Å². The molecule has 6 aromatic carbocycles. The number of ether oxygens (including phenoxy) is 3. The monoisotopic (exact) mass is 918 g/mol. The minimum absolute atomic E-state index is 0.122. The lowest BCUT2D eigenvalue weighted by atomic mass is 10.1. The predicted octanol–water partition coefficient (Wildman–Crippen LogP) is 11.8.